The van der Waals surface area contributed by atoms with Gasteiger partial charge in [-0.25, -0.2) is 4.79 Å². The smallest absolute Gasteiger partial charge is 0.328 e. The fourth-order valence-corrected chi connectivity index (χ4v) is 1.50. The minimum Gasteiger partial charge on any atom is -0.478 e. The highest BCUT2D eigenvalue weighted by Gasteiger charge is 1.98. The fourth-order valence-electron chi connectivity index (χ4n) is 1.50. The monoisotopic (exact) mass is 236 g/mol. The zero-order chi connectivity index (χ0) is 13.3. The first-order valence-electron chi connectivity index (χ1n) is 6.13. The molecule has 0 aliphatic rings. The molecule has 0 aliphatic carbocycles. The Kier molecular flexibility index (Phi) is 8.12. The average molecular weight is 236 g/mol. The van der Waals surface area contributed by atoms with E-state index in [4.69, 9.17) is 5.11 Å². The predicted molar refractivity (Wildman–Crippen MR) is 73.0 cm³/mol. The molecule has 0 amide bonds. The van der Waals surface area contributed by atoms with Crippen LogP contribution in [0.3, 0.4) is 0 Å². The third-order valence-electron chi connectivity index (χ3n) is 2.48. The summed E-state index contributed by atoms with van der Waals surface area (Å²) >= 11 is 0. The molecule has 0 saturated carbocycles. The highest BCUT2D eigenvalue weighted by molar-refractivity contribution is 5.81. The van der Waals surface area contributed by atoms with Gasteiger partial charge in [0.1, 0.15) is 0 Å². The van der Waals surface area contributed by atoms with Crippen LogP contribution in [-0.4, -0.2) is 11.1 Å². The van der Waals surface area contributed by atoms with Gasteiger partial charge in [0.25, 0.3) is 0 Å². The molecule has 0 aliphatic heterocycles. The summed E-state index contributed by atoms with van der Waals surface area (Å²) in [6, 6.07) is 0. The first-order chi connectivity index (χ1) is 7.91. The summed E-state index contributed by atoms with van der Waals surface area (Å²) in [4.78, 5) is 10.4. The van der Waals surface area contributed by atoms with Crippen LogP contribution in [0.1, 0.15) is 47.0 Å². The van der Waals surface area contributed by atoms with Crippen molar-refractivity contribution in [1.29, 1.82) is 0 Å². The van der Waals surface area contributed by atoms with E-state index >= 15 is 0 Å². The molecule has 0 aromatic heterocycles. The van der Waals surface area contributed by atoms with Crippen LogP contribution in [0.2, 0.25) is 0 Å². The van der Waals surface area contributed by atoms with Crippen molar-refractivity contribution in [2.75, 3.05) is 0 Å². The minimum absolute atomic E-state index is 0.638. The maximum atomic E-state index is 10.4. The van der Waals surface area contributed by atoms with Crippen molar-refractivity contribution >= 4 is 5.97 Å². The van der Waals surface area contributed by atoms with Crippen LogP contribution in [0.15, 0.2) is 35.5 Å². The van der Waals surface area contributed by atoms with Gasteiger partial charge < -0.3 is 5.11 Å². The van der Waals surface area contributed by atoms with Gasteiger partial charge in [0.15, 0.2) is 0 Å². The van der Waals surface area contributed by atoms with Crippen molar-refractivity contribution in [3.05, 3.63) is 35.5 Å². The van der Waals surface area contributed by atoms with Gasteiger partial charge >= 0.3 is 5.97 Å². The normalized spacial score (nSPS) is 13.8. The van der Waals surface area contributed by atoms with Crippen molar-refractivity contribution in [3.8, 4) is 0 Å². The number of hydrogen-bond acceptors (Lipinski definition) is 1. The lowest BCUT2D eigenvalue weighted by Crippen LogP contribution is -1.92. The fraction of sp³-hybridized carbons (Fsp3) is 0.533. The third kappa shape index (κ3) is 11.0. The molecular formula is C15H24O2. The molecule has 0 aromatic rings. The Hall–Kier alpha value is -1.31. The summed E-state index contributed by atoms with van der Waals surface area (Å²) in [5.41, 5.74) is 2.15. The zero-order valence-corrected chi connectivity index (χ0v) is 11.4. The molecular weight excluding hydrogens is 212 g/mol. The van der Waals surface area contributed by atoms with Gasteiger partial charge in [0.2, 0.25) is 0 Å². The second kappa shape index (κ2) is 8.80. The lowest BCUT2D eigenvalue weighted by molar-refractivity contribution is -0.131. The van der Waals surface area contributed by atoms with E-state index in [-0.39, 0.29) is 0 Å². The van der Waals surface area contributed by atoms with Crippen LogP contribution in [-0.2, 0) is 4.79 Å². The zero-order valence-electron chi connectivity index (χ0n) is 11.4. The topological polar surface area (TPSA) is 37.3 Å². The molecule has 0 fully saturated rings. The number of carboxylic acids is 1. The third-order valence-corrected chi connectivity index (χ3v) is 2.48. The molecule has 1 atom stereocenters. The Morgan fingerprint density at radius 3 is 2.47 bits per heavy atom. The molecule has 0 aromatic carbocycles. The maximum Gasteiger partial charge on any atom is 0.328 e. The van der Waals surface area contributed by atoms with Gasteiger partial charge in [-0.05, 0) is 51.5 Å². The minimum atomic E-state index is -0.885. The van der Waals surface area contributed by atoms with Crippen molar-refractivity contribution in [3.63, 3.8) is 0 Å². The number of allylic oxidation sites excluding steroid dienone is 5. The average Bonchev–Trinajstić information content (AvgIpc) is 2.15. The molecule has 0 heterocycles. The molecule has 17 heavy (non-hydrogen) atoms. The number of hydrogen-bond donors (Lipinski definition) is 1. The Morgan fingerprint density at radius 1 is 1.29 bits per heavy atom. The van der Waals surface area contributed by atoms with Gasteiger partial charge in [-0.1, -0.05) is 30.7 Å². The van der Waals surface area contributed by atoms with Crippen LogP contribution in [0.25, 0.3) is 0 Å². The molecule has 2 nitrogen and oxygen atoms in total. The maximum absolute atomic E-state index is 10.4. The summed E-state index contributed by atoms with van der Waals surface area (Å²) in [6.07, 6.45) is 10.7. The molecule has 0 unspecified atom stereocenters. The number of rotatable bonds is 7. The molecule has 2 heteroatoms. The standard InChI is InChI=1S/C15H24O2/c1-12(2)7-5-8-13(3)9-6-10-14(4)11-15(16)17/h6-7,10-11,13H,5,8-9H2,1-4H3,(H,16,17)/b10-6+,14-11+/t13-/m1/s1. The largest absolute Gasteiger partial charge is 0.478 e. The first kappa shape index (κ1) is 15.7. The van der Waals surface area contributed by atoms with Crippen LogP contribution in [0.5, 0.6) is 0 Å². The highest BCUT2D eigenvalue weighted by atomic mass is 16.4. The highest BCUT2D eigenvalue weighted by Crippen LogP contribution is 2.13. The molecule has 96 valence electrons. The van der Waals surface area contributed by atoms with Crippen molar-refractivity contribution in [2.45, 2.75) is 47.0 Å². The van der Waals surface area contributed by atoms with E-state index in [9.17, 15) is 4.79 Å². The van der Waals surface area contributed by atoms with Gasteiger partial charge in [-0.15, -0.1) is 0 Å². The second-order valence-electron chi connectivity index (χ2n) is 4.83. The van der Waals surface area contributed by atoms with E-state index < -0.39 is 5.97 Å². The van der Waals surface area contributed by atoms with E-state index in [1.165, 1.54) is 18.1 Å². The Balaban J connectivity index is 3.91. The van der Waals surface area contributed by atoms with Crippen molar-refractivity contribution in [1.82, 2.24) is 0 Å². The van der Waals surface area contributed by atoms with Crippen LogP contribution < -0.4 is 0 Å². The Morgan fingerprint density at radius 2 is 1.94 bits per heavy atom. The van der Waals surface area contributed by atoms with Crippen LogP contribution in [0.4, 0.5) is 0 Å². The SMILES string of the molecule is CC(C)=CCC[C@@H](C)C/C=C/C(C)=C/C(=O)O. The first-order valence-corrected chi connectivity index (χ1v) is 6.13. The number of carboxylic acid groups (broad SMARTS) is 1. The summed E-state index contributed by atoms with van der Waals surface area (Å²) in [5, 5.41) is 8.54. The molecule has 1 N–H and O–H groups in total. The molecule has 0 spiro atoms. The van der Waals surface area contributed by atoms with E-state index in [0.717, 1.165) is 18.4 Å². The van der Waals surface area contributed by atoms with Gasteiger partial charge in [0.05, 0.1) is 0 Å². The summed E-state index contributed by atoms with van der Waals surface area (Å²) in [7, 11) is 0. The molecule has 0 saturated heterocycles. The van der Waals surface area contributed by atoms with E-state index in [1.54, 1.807) is 6.92 Å². The summed E-state index contributed by atoms with van der Waals surface area (Å²) < 4.78 is 0. The molecule has 0 rings (SSSR count). The quantitative estimate of drug-likeness (QED) is 0.405. The van der Waals surface area contributed by atoms with E-state index in [1.807, 2.05) is 6.08 Å². The van der Waals surface area contributed by atoms with Gasteiger partial charge in [-0.3, -0.25) is 0 Å². The van der Waals surface area contributed by atoms with Crippen LogP contribution in [0, 0.1) is 5.92 Å². The molecule has 0 bridgehead atoms. The van der Waals surface area contributed by atoms with Crippen molar-refractivity contribution < 1.29 is 9.90 Å². The lowest BCUT2D eigenvalue weighted by Gasteiger charge is -2.06. The second-order valence-corrected chi connectivity index (χ2v) is 4.83. The van der Waals surface area contributed by atoms with Crippen LogP contribution >= 0.6 is 0 Å². The van der Waals surface area contributed by atoms with E-state index in [2.05, 4.69) is 32.9 Å². The van der Waals surface area contributed by atoms with Crippen molar-refractivity contribution in [2.24, 2.45) is 5.92 Å². The van der Waals surface area contributed by atoms with Gasteiger partial charge in [-0.2, -0.15) is 0 Å². The van der Waals surface area contributed by atoms with Gasteiger partial charge in [0, 0.05) is 6.08 Å². The number of carbonyl (C=O) groups is 1. The Bertz CT molecular complexity index is 318. The summed E-state index contributed by atoms with van der Waals surface area (Å²) in [6.45, 7) is 8.26. The summed E-state index contributed by atoms with van der Waals surface area (Å²) in [5.74, 6) is -0.247. The number of aliphatic carboxylic acids is 1. The van der Waals surface area contributed by atoms with E-state index in [0.29, 0.717) is 5.92 Å². The lowest BCUT2D eigenvalue weighted by atomic mass is 10.0. The predicted octanol–water partition coefficient (Wildman–Crippen LogP) is 4.35. The molecule has 0 radical (unpaired) electrons. The Labute approximate surface area is 105 Å².